The van der Waals surface area contributed by atoms with Crippen molar-refractivity contribution in [2.75, 3.05) is 37.9 Å². The molecule has 3 heterocycles. The molecule has 10 nitrogen and oxygen atoms in total. The van der Waals surface area contributed by atoms with Crippen molar-refractivity contribution < 1.29 is 32.2 Å². The molecule has 5 N–H and O–H groups in total. The third-order valence-corrected chi connectivity index (χ3v) is 8.31. The molecule has 0 radical (unpaired) electrons. The number of methoxy groups -OCH3 is 1. The van der Waals surface area contributed by atoms with E-state index in [9.17, 15) is 22.8 Å². The number of nitrogens with zero attached hydrogens (tertiary/aromatic N) is 2. The lowest BCUT2D eigenvalue weighted by Gasteiger charge is -2.30. The second-order valence-electron chi connectivity index (χ2n) is 11.7. The molecule has 4 aromatic rings. The molecule has 1 fully saturated rings. The lowest BCUT2D eigenvalue weighted by atomic mass is 9.94. The number of carbonyl (C=O) groups excluding carboxylic acids is 2. The van der Waals surface area contributed by atoms with Gasteiger partial charge >= 0.3 is 6.18 Å². The van der Waals surface area contributed by atoms with Crippen molar-refractivity contribution >= 4 is 40.5 Å². The Morgan fingerprint density at radius 1 is 1.10 bits per heavy atom. The van der Waals surface area contributed by atoms with E-state index in [0.29, 0.717) is 76.7 Å². The van der Waals surface area contributed by atoms with Gasteiger partial charge in [0.2, 0.25) is 5.91 Å². The number of primary amides is 1. The summed E-state index contributed by atoms with van der Waals surface area (Å²) in [7, 11) is 3.41. The Bertz CT molecular complexity index is 1990. The summed E-state index contributed by atoms with van der Waals surface area (Å²) in [6.07, 6.45) is -0.695. The quantitative estimate of drug-likeness (QED) is 0.161. The van der Waals surface area contributed by atoms with Gasteiger partial charge in [0.25, 0.3) is 5.91 Å². The summed E-state index contributed by atoms with van der Waals surface area (Å²) in [5, 5.41) is 15.2. The average Bonchev–Trinajstić information content (AvgIpc) is 3.64. The van der Waals surface area contributed by atoms with Crippen LogP contribution in [0, 0.1) is 11.3 Å². The van der Waals surface area contributed by atoms with Crippen molar-refractivity contribution in [2.24, 2.45) is 5.73 Å². The lowest BCUT2D eigenvalue weighted by Crippen LogP contribution is -2.35. The van der Waals surface area contributed by atoms with Crippen LogP contribution in [0.4, 0.5) is 30.2 Å². The third-order valence-electron chi connectivity index (χ3n) is 8.31. The first-order valence-electron chi connectivity index (χ1n) is 15.0. The van der Waals surface area contributed by atoms with E-state index in [1.165, 1.54) is 7.11 Å². The molecule has 0 spiro atoms. The second kappa shape index (κ2) is 12.8. The number of nitrogens with two attached hydrogens (primary N) is 1. The van der Waals surface area contributed by atoms with Crippen LogP contribution in [0.5, 0.6) is 11.5 Å². The number of anilines is 3. The molecule has 0 bridgehead atoms. The molecule has 13 heteroatoms. The Morgan fingerprint density at radius 3 is 2.54 bits per heavy atom. The van der Waals surface area contributed by atoms with Gasteiger partial charge in [-0.1, -0.05) is 6.07 Å². The van der Waals surface area contributed by atoms with E-state index >= 15 is 0 Å². The molecule has 2 amide bonds. The first kappa shape index (κ1) is 32.2. The number of hydrogen-bond donors (Lipinski definition) is 4. The predicted molar refractivity (Wildman–Crippen MR) is 175 cm³/mol. The number of ether oxygens (including phenoxy) is 2. The Kier molecular flexibility index (Phi) is 8.59. The fraction of sp³-hybridized carbons (Fsp3) is 0.229. The maximum absolute atomic E-state index is 14.0. The van der Waals surface area contributed by atoms with Gasteiger partial charge in [-0.15, -0.1) is 0 Å². The Morgan fingerprint density at radius 2 is 1.88 bits per heavy atom. The van der Waals surface area contributed by atoms with Gasteiger partial charge in [-0.2, -0.15) is 18.4 Å². The topological polar surface area (TPSA) is 146 Å². The zero-order valence-corrected chi connectivity index (χ0v) is 26.0. The largest absolute Gasteiger partial charge is 0.497 e. The highest BCUT2D eigenvalue weighted by atomic mass is 19.4. The number of rotatable bonds is 8. The minimum atomic E-state index is -4.74. The van der Waals surface area contributed by atoms with Gasteiger partial charge in [-0.05, 0) is 74.0 Å². The highest BCUT2D eigenvalue weighted by molar-refractivity contribution is 6.35. The molecule has 0 saturated carbocycles. The SMILES string of the molecule is COc1cc(Nc2ccc3c(c2)NC(=O)C3=Cc2cc(C#N)c[nH]2)cc(-c2c(OC3CCN(C)CC3)cc(C(F)(F)F)cc2C(N)=O)c1. The van der Waals surface area contributed by atoms with Crippen molar-refractivity contribution in [1.82, 2.24) is 9.88 Å². The fourth-order valence-electron chi connectivity index (χ4n) is 5.88. The summed E-state index contributed by atoms with van der Waals surface area (Å²) in [5.74, 6) is -1.09. The molecular formula is C35H31F3N6O4. The van der Waals surface area contributed by atoms with Crippen LogP contribution in [0.1, 0.15) is 45.6 Å². The predicted octanol–water partition coefficient (Wildman–Crippen LogP) is 6.39. The Balaban J connectivity index is 1.38. The minimum absolute atomic E-state index is 0.101. The van der Waals surface area contributed by atoms with Crippen LogP contribution in [-0.2, 0) is 11.0 Å². The molecule has 2 aliphatic rings. The number of benzene rings is 3. The van der Waals surface area contributed by atoms with Crippen LogP contribution in [0.15, 0.2) is 60.8 Å². The smallest absolute Gasteiger partial charge is 0.416 e. The number of hydrogen-bond acceptors (Lipinski definition) is 7. The summed E-state index contributed by atoms with van der Waals surface area (Å²) in [4.78, 5) is 30.6. The van der Waals surface area contributed by atoms with Gasteiger partial charge in [0.05, 0.1) is 35.1 Å². The van der Waals surface area contributed by atoms with E-state index in [-0.39, 0.29) is 28.9 Å². The molecule has 1 saturated heterocycles. The second-order valence-corrected chi connectivity index (χ2v) is 11.7. The summed E-state index contributed by atoms with van der Waals surface area (Å²) >= 11 is 0. The van der Waals surface area contributed by atoms with Gasteiger partial charge < -0.3 is 35.7 Å². The molecule has 48 heavy (non-hydrogen) atoms. The van der Waals surface area contributed by atoms with Gasteiger partial charge in [0.1, 0.15) is 23.7 Å². The molecule has 6 rings (SSSR count). The van der Waals surface area contributed by atoms with E-state index in [1.54, 1.807) is 54.7 Å². The normalized spacial score (nSPS) is 15.9. The number of nitriles is 1. The zero-order chi connectivity index (χ0) is 34.2. The lowest BCUT2D eigenvalue weighted by molar-refractivity contribution is -0.137. The van der Waals surface area contributed by atoms with Crippen LogP contribution in [-0.4, -0.2) is 55.0 Å². The van der Waals surface area contributed by atoms with Crippen LogP contribution < -0.4 is 25.8 Å². The number of halogens is 3. The van der Waals surface area contributed by atoms with Crippen molar-refractivity contribution in [2.45, 2.75) is 25.1 Å². The molecule has 2 aliphatic heterocycles. The monoisotopic (exact) mass is 656 g/mol. The average molecular weight is 657 g/mol. The number of aromatic nitrogens is 1. The molecule has 0 unspecified atom stereocenters. The number of H-pyrrole nitrogens is 1. The maximum Gasteiger partial charge on any atom is 0.416 e. The summed E-state index contributed by atoms with van der Waals surface area (Å²) in [6, 6.07) is 15.6. The molecular weight excluding hydrogens is 625 g/mol. The maximum atomic E-state index is 14.0. The van der Waals surface area contributed by atoms with E-state index in [2.05, 4.69) is 20.5 Å². The van der Waals surface area contributed by atoms with Crippen LogP contribution in [0.25, 0.3) is 22.8 Å². The fourth-order valence-corrected chi connectivity index (χ4v) is 5.88. The minimum Gasteiger partial charge on any atom is -0.497 e. The number of amides is 2. The van der Waals surface area contributed by atoms with Gasteiger partial charge in [0, 0.05) is 53.5 Å². The van der Waals surface area contributed by atoms with Crippen LogP contribution in [0.3, 0.4) is 0 Å². The van der Waals surface area contributed by atoms with Crippen molar-refractivity contribution in [3.05, 3.63) is 88.7 Å². The number of fused-ring (bicyclic) bond motifs is 1. The molecule has 0 atom stereocenters. The molecule has 3 aromatic carbocycles. The van der Waals surface area contributed by atoms with Gasteiger partial charge in [-0.25, -0.2) is 0 Å². The summed E-state index contributed by atoms with van der Waals surface area (Å²) in [5.41, 5.74) is 8.53. The van der Waals surface area contributed by atoms with Gasteiger partial charge in [0.15, 0.2) is 0 Å². The van der Waals surface area contributed by atoms with Crippen LogP contribution in [0.2, 0.25) is 0 Å². The number of alkyl halides is 3. The number of aromatic amines is 1. The van der Waals surface area contributed by atoms with E-state index in [1.807, 2.05) is 13.1 Å². The molecule has 246 valence electrons. The number of nitrogens with one attached hydrogen (secondary N) is 3. The zero-order valence-electron chi connectivity index (χ0n) is 26.0. The Labute approximate surface area is 273 Å². The number of likely N-dealkylation sites (tertiary alicyclic amines) is 1. The first-order valence-corrected chi connectivity index (χ1v) is 15.0. The molecule has 0 aliphatic carbocycles. The highest BCUT2D eigenvalue weighted by Gasteiger charge is 2.34. The van der Waals surface area contributed by atoms with Crippen molar-refractivity contribution in [1.29, 1.82) is 5.26 Å². The highest BCUT2D eigenvalue weighted by Crippen LogP contribution is 2.43. The standard InChI is InChI=1S/C35H31F3N6O4/c1-44-7-5-25(6-8-44)48-31-13-21(35(36,37)38)12-29(33(40)45)32(31)20-10-24(14-26(11-20)47-2)42-22-3-4-27-28(34(46)43-30(27)16-22)15-23-9-19(17-39)18-41-23/h3-4,9-16,18,25,41-42H,5-8H2,1-2H3,(H2,40,45)(H,43,46). The summed E-state index contributed by atoms with van der Waals surface area (Å²) < 4.78 is 53.7. The number of piperidine rings is 1. The van der Waals surface area contributed by atoms with Crippen molar-refractivity contribution in [3.63, 3.8) is 0 Å². The van der Waals surface area contributed by atoms with E-state index < -0.39 is 17.6 Å². The summed E-state index contributed by atoms with van der Waals surface area (Å²) in [6.45, 7) is 1.42. The van der Waals surface area contributed by atoms with Crippen molar-refractivity contribution in [3.8, 4) is 28.7 Å². The van der Waals surface area contributed by atoms with Crippen LogP contribution >= 0.6 is 0 Å². The number of carbonyl (C=O) groups is 2. The van der Waals surface area contributed by atoms with E-state index in [4.69, 9.17) is 20.5 Å². The van der Waals surface area contributed by atoms with E-state index in [0.717, 1.165) is 12.1 Å². The third kappa shape index (κ3) is 6.70. The Hall–Kier alpha value is -5.74. The molecule has 1 aromatic heterocycles. The first-order chi connectivity index (χ1) is 22.9. The van der Waals surface area contributed by atoms with Gasteiger partial charge in [-0.3, -0.25) is 9.59 Å².